The van der Waals surface area contributed by atoms with Gasteiger partial charge >= 0.3 is 5.97 Å². The number of hydrogen-bond acceptors (Lipinski definition) is 3. The maximum atomic E-state index is 11.3. The Morgan fingerprint density at radius 3 is 2.68 bits per heavy atom. The number of aromatic nitrogens is 1. The summed E-state index contributed by atoms with van der Waals surface area (Å²) in [4.78, 5) is 15.8. The van der Waals surface area contributed by atoms with Crippen molar-refractivity contribution in [2.24, 2.45) is 0 Å². The van der Waals surface area contributed by atoms with E-state index in [0.717, 1.165) is 17.0 Å². The molecule has 0 atom stereocenters. The first kappa shape index (κ1) is 13.7. The van der Waals surface area contributed by atoms with Gasteiger partial charge in [-0.05, 0) is 25.8 Å². The van der Waals surface area contributed by atoms with Gasteiger partial charge in [-0.1, -0.05) is 31.2 Å². The average molecular weight is 275 g/mol. The zero-order valence-electron chi connectivity index (χ0n) is 11.3. The van der Waals surface area contributed by atoms with Gasteiger partial charge < -0.3 is 5.11 Å². The Morgan fingerprint density at radius 2 is 2.05 bits per heavy atom. The highest BCUT2D eigenvalue weighted by Crippen LogP contribution is 2.32. The third kappa shape index (κ3) is 2.54. The van der Waals surface area contributed by atoms with Gasteiger partial charge in [0.15, 0.2) is 0 Å². The second-order valence-electron chi connectivity index (χ2n) is 4.98. The number of rotatable bonds is 4. The molecule has 0 amide bonds. The molecule has 3 nitrogen and oxygen atoms in total. The lowest BCUT2D eigenvalue weighted by Gasteiger charge is -2.15. The van der Waals surface area contributed by atoms with Gasteiger partial charge in [0.05, 0.1) is 5.69 Å². The van der Waals surface area contributed by atoms with E-state index < -0.39 is 11.4 Å². The highest BCUT2D eigenvalue weighted by Gasteiger charge is 2.32. The maximum absolute atomic E-state index is 11.3. The lowest BCUT2D eigenvalue weighted by Crippen LogP contribution is -2.28. The van der Waals surface area contributed by atoms with Gasteiger partial charge in [-0.15, -0.1) is 11.3 Å². The fraction of sp³-hybridized carbons (Fsp3) is 0.333. The smallest absolute Gasteiger partial charge is 0.315 e. The van der Waals surface area contributed by atoms with E-state index in [4.69, 9.17) is 0 Å². The molecule has 0 fully saturated rings. The summed E-state index contributed by atoms with van der Waals surface area (Å²) in [5.74, 6) is -0.854. The molecule has 100 valence electrons. The van der Waals surface area contributed by atoms with E-state index in [1.165, 1.54) is 16.9 Å². The molecule has 0 radical (unpaired) electrons. The van der Waals surface area contributed by atoms with Gasteiger partial charge in [0, 0.05) is 10.9 Å². The molecule has 0 saturated heterocycles. The SMILES string of the molecule is CCc1ccccc1-c1nc(C(C)(C)C(=O)O)cs1. The van der Waals surface area contributed by atoms with Crippen LogP contribution in [0.15, 0.2) is 29.6 Å². The summed E-state index contributed by atoms with van der Waals surface area (Å²) in [6, 6.07) is 8.11. The minimum absolute atomic E-state index is 0.617. The number of carboxylic acids is 1. The molecule has 4 heteroatoms. The zero-order chi connectivity index (χ0) is 14.0. The van der Waals surface area contributed by atoms with Crippen LogP contribution in [0.5, 0.6) is 0 Å². The van der Waals surface area contributed by atoms with Crippen molar-refractivity contribution in [1.82, 2.24) is 4.98 Å². The summed E-state index contributed by atoms with van der Waals surface area (Å²) in [5, 5.41) is 12.0. The summed E-state index contributed by atoms with van der Waals surface area (Å²) in [7, 11) is 0. The minimum Gasteiger partial charge on any atom is -0.481 e. The third-order valence-electron chi connectivity index (χ3n) is 3.31. The normalized spacial score (nSPS) is 11.5. The first-order chi connectivity index (χ1) is 8.96. The van der Waals surface area contributed by atoms with Crippen LogP contribution in [0, 0.1) is 0 Å². The van der Waals surface area contributed by atoms with E-state index in [1.807, 2.05) is 23.6 Å². The van der Waals surface area contributed by atoms with Gasteiger partial charge in [0.2, 0.25) is 0 Å². The minimum atomic E-state index is -0.949. The molecule has 0 unspecified atom stereocenters. The lowest BCUT2D eigenvalue weighted by molar-refractivity contribution is -0.142. The fourth-order valence-electron chi connectivity index (χ4n) is 1.83. The van der Waals surface area contributed by atoms with Gasteiger partial charge in [-0.2, -0.15) is 0 Å². The van der Waals surface area contributed by atoms with Crippen LogP contribution in [0.1, 0.15) is 32.0 Å². The van der Waals surface area contributed by atoms with Crippen LogP contribution in [0.2, 0.25) is 0 Å². The molecular formula is C15H17NO2S. The van der Waals surface area contributed by atoms with Crippen LogP contribution in [-0.4, -0.2) is 16.1 Å². The molecule has 0 aliphatic carbocycles. The Hall–Kier alpha value is -1.68. The Balaban J connectivity index is 2.44. The van der Waals surface area contributed by atoms with E-state index in [2.05, 4.69) is 18.0 Å². The summed E-state index contributed by atoms with van der Waals surface area (Å²) in [6.07, 6.45) is 0.938. The molecule has 0 aliphatic rings. The van der Waals surface area contributed by atoms with Crippen molar-refractivity contribution in [1.29, 1.82) is 0 Å². The van der Waals surface area contributed by atoms with Crippen LogP contribution >= 0.6 is 11.3 Å². The second-order valence-corrected chi connectivity index (χ2v) is 5.84. The Morgan fingerprint density at radius 1 is 1.37 bits per heavy atom. The van der Waals surface area contributed by atoms with Crippen molar-refractivity contribution >= 4 is 17.3 Å². The van der Waals surface area contributed by atoms with Crippen LogP contribution in [0.3, 0.4) is 0 Å². The Kier molecular flexibility index (Phi) is 3.71. The highest BCUT2D eigenvalue weighted by atomic mass is 32.1. The van der Waals surface area contributed by atoms with Crippen molar-refractivity contribution in [3.63, 3.8) is 0 Å². The molecule has 0 aliphatic heterocycles. The zero-order valence-corrected chi connectivity index (χ0v) is 12.1. The number of carboxylic acid groups (broad SMARTS) is 1. The Labute approximate surface area is 116 Å². The number of aliphatic carboxylic acids is 1. The molecule has 1 aromatic heterocycles. The first-order valence-corrected chi connectivity index (χ1v) is 7.12. The molecule has 0 saturated carbocycles. The van der Waals surface area contributed by atoms with Crippen LogP contribution < -0.4 is 0 Å². The van der Waals surface area contributed by atoms with E-state index in [9.17, 15) is 9.90 Å². The van der Waals surface area contributed by atoms with E-state index >= 15 is 0 Å². The van der Waals surface area contributed by atoms with Crippen molar-refractivity contribution < 1.29 is 9.90 Å². The predicted octanol–water partition coefficient (Wildman–Crippen LogP) is 3.73. The van der Waals surface area contributed by atoms with Crippen molar-refractivity contribution in [2.75, 3.05) is 0 Å². The number of hydrogen-bond donors (Lipinski definition) is 1. The first-order valence-electron chi connectivity index (χ1n) is 6.24. The molecule has 2 aromatic rings. The van der Waals surface area contributed by atoms with Crippen molar-refractivity contribution in [2.45, 2.75) is 32.6 Å². The fourth-order valence-corrected chi connectivity index (χ4v) is 2.88. The molecular weight excluding hydrogens is 258 g/mol. The average Bonchev–Trinajstić information content (AvgIpc) is 2.88. The van der Waals surface area contributed by atoms with Crippen molar-refractivity contribution in [3.8, 4) is 10.6 Å². The predicted molar refractivity (Wildman–Crippen MR) is 77.6 cm³/mol. The molecule has 1 heterocycles. The second kappa shape index (κ2) is 5.13. The molecule has 19 heavy (non-hydrogen) atoms. The summed E-state index contributed by atoms with van der Waals surface area (Å²) >= 11 is 1.50. The molecule has 1 N–H and O–H groups in total. The Bertz CT molecular complexity index is 602. The summed E-state index contributed by atoms with van der Waals surface area (Å²) in [6.45, 7) is 5.47. The number of aryl methyl sites for hydroxylation is 1. The number of carbonyl (C=O) groups is 1. The number of benzene rings is 1. The van der Waals surface area contributed by atoms with Crippen LogP contribution in [0.4, 0.5) is 0 Å². The maximum Gasteiger partial charge on any atom is 0.315 e. The number of thiazole rings is 1. The van der Waals surface area contributed by atoms with Gasteiger partial charge in [-0.3, -0.25) is 4.79 Å². The quantitative estimate of drug-likeness (QED) is 0.924. The van der Waals surface area contributed by atoms with E-state index in [0.29, 0.717) is 5.69 Å². The molecule has 0 spiro atoms. The summed E-state index contributed by atoms with van der Waals surface area (Å²) in [5.41, 5.74) is 2.00. The van der Waals surface area contributed by atoms with Crippen LogP contribution in [0.25, 0.3) is 10.6 Å². The standard InChI is InChI=1S/C15H17NO2S/c1-4-10-7-5-6-8-11(10)13-16-12(9-19-13)15(2,3)14(17)18/h5-9H,4H2,1-3H3,(H,17,18). The van der Waals surface area contributed by atoms with E-state index in [1.54, 1.807) is 13.8 Å². The molecule has 0 bridgehead atoms. The monoisotopic (exact) mass is 275 g/mol. The van der Waals surface area contributed by atoms with Crippen LogP contribution in [-0.2, 0) is 16.6 Å². The third-order valence-corrected chi connectivity index (χ3v) is 4.18. The molecule has 2 rings (SSSR count). The van der Waals surface area contributed by atoms with Gasteiger partial charge in [0.1, 0.15) is 10.4 Å². The highest BCUT2D eigenvalue weighted by molar-refractivity contribution is 7.13. The van der Waals surface area contributed by atoms with Gasteiger partial charge in [-0.25, -0.2) is 4.98 Å². The van der Waals surface area contributed by atoms with E-state index in [-0.39, 0.29) is 0 Å². The topological polar surface area (TPSA) is 50.2 Å². The van der Waals surface area contributed by atoms with Crippen molar-refractivity contribution in [3.05, 3.63) is 40.9 Å². The lowest BCUT2D eigenvalue weighted by atomic mass is 9.90. The largest absolute Gasteiger partial charge is 0.481 e. The van der Waals surface area contributed by atoms with Gasteiger partial charge in [0.25, 0.3) is 0 Å². The molecule has 1 aromatic carbocycles. The number of nitrogens with zero attached hydrogens (tertiary/aromatic N) is 1. The summed E-state index contributed by atoms with van der Waals surface area (Å²) < 4.78 is 0.